The maximum absolute atomic E-state index is 15.1. The lowest BCUT2D eigenvalue weighted by Gasteiger charge is -2.40. The van der Waals surface area contributed by atoms with Gasteiger partial charge in [0.15, 0.2) is 16.5 Å². The van der Waals surface area contributed by atoms with Crippen molar-refractivity contribution in [1.82, 2.24) is 24.9 Å². The van der Waals surface area contributed by atoms with Crippen LogP contribution in [0.5, 0.6) is 0 Å². The Labute approximate surface area is 234 Å². The molecule has 0 bridgehead atoms. The number of esters is 1. The maximum Gasteiger partial charge on any atom is 0.410 e. The molecular formula is C26H32BrClFN5O4. The van der Waals surface area contributed by atoms with Crippen LogP contribution in [0.25, 0.3) is 21.9 Å². The molecule has 206 valence electrons. The number of hydrogen-bond donors (Lipinski definition) is 0. The van der Waals surface area contributed by atoms with Gasteiger partial charge in [-0.25, -0.2) is 18.9 Å². The van der Waals surface area contributed by atoms with Crippen molar-refractivity contribution >= 4 is 61.5 Å². The van der Waals surface area contributed by atoms with E-state index in [9.17, 15) is 9.59 Å². The summed E-state index contributed by atoms with van der Waals surface area (Å²) < 4.78 is 28.3. The highest BCUT2D eigenvalue weighted by molar-refractivity contribution is 9.10. The normalized spacial score (nSPS) is 18.7. The number of amides is 1. The van der Waals surface area contributed by atoms with Gasteiger partial charge in [-0.05, 0) is 88.9 Å². The molecule has 1 aliphatic heterocycles. The van der Waals surface area contributed by atoms with Gasteiger partial charge in [0.05, 0.1) is 16.9 Å². The van der Waals surface area contributed by atoms with Crippen LogP contribution in [0.3, 0.4) is 0 Å². The molecule has 1 aliphatic rings. The Morgan fingerprint density at radius 1 is 1.16 bits per heavy atom. The summed E-state index contributed by atoms with van der Waals surface area (Å²) in [5, 5.41) is 9.20. The predicted octanol–water partition coefficient (Wildman–Crippen LogP) is 6.52. The minimum atomic E-state index is -0.689. The quantitative estimate of drug-likeness (QED) is 0.245. The van der Waals surface area contributed by atoms with E-state index in [1.54, 1.807) is 58.0 Å². The number of benzene rings is 1. The fourth-order valence-corrected chi connectivity index (χ4v) is 5.22. The molecule has 38 heavy (non-hydrogen) atoms. The first-order chi connectivity index (χ1) is 17.6. The summed E-state index contributed by atoms with van der Waals surface area (Å²) in [4.78, 5) is 31.7. The van der Waals surface area contributed by atoms with Gasteiger partial charge in [0.1, 0.15) is 22.2 Å². The van der Waals surface area contributed by atoms with Gasteiger partial charge in [0.2, 0.25) is 0 Å². The molecule has 0 aliphatic carbocycles. The van der Waals surface area contributed by atoms with E-state index in [0.29, 0.717) is 45.8 Å². The first-order valence-corrected chi connectivity index (χ1v) is 13.6. The molecule has 9 nitrogen and oxygen atoms in total. The zero-order chi connectivity index (χ0) is 28.2. The molecule has 1 fully saturated rings. The SMILES string of the molecule is Cc1cc2c(nc(Cl)c3nnn([C@H]4CCN(C(=O)OC(C)(C)C)[C@H](CC(=O)OC(C)(C)C)C4)c32)c(F)c1Br. The second kappa shape index (κ2) is 10.2. The van der Waals surface area contributed by atoms with E-state index >= 15 is 4.39 Å². The molecule has 0 unspecified atom stereocenters. The fourth-order valence-electron chi connectivity index (χ4n) is 4.71. The number of aryl methyl sites for hydroxylation is 1. The minimum absolute atomic E-state index is 0.0105. The molecule has 12 heteroatoms. The van der Waals surface area contributed by atoms with Gasteiger partial charge < -0.3 is 14.4 Å². The molecular weight excluding hydrogens is 581 g/mol. The summed E-state index contributed by atoms with van der Waals surface area (Å²) in [6, 6.07) is 1.07. The van der Waals surface area contributed by atoms with E-state index in [0.717, 1.165) is 0 Å². The van der Waals surface area contributed by atoms with E-state index in [4.69, 9.17) is 21.1 Å². The van der Waals surface area contributed by atoms with E-state index in [-0.39, 0.29) is 23.1 Å². The second-order valence-corrected chi connectivity index (χ2v) is 12.8. The van der Waals surface area contributed by atoms with Crippen LogP contribution in [0.1, 0.15) is 72.4 Å². The zero-order valence-electron chi connectivity index (χ0n) is 22.6. The molecule has 2 aromatic heterocycles. The van der Waals surface area contributed by atoms with Crippen molar-refractivity contribution in [1.29, 1.82) is 0 Å². The Morgan fingerprint density at radius 2 is 1.82 bits per heavy atom. The number of nitrogens with zero attached hydrogens (tertiary/aromatic N) is 5. The van der Waals surface area contributed by atoms with Gasteiger partial charge >= 0.3 is 12.1 Å². The van der Waals surface area contributed by atoms with E-state index < -0.39 is 35.1 Å². The van der Waals surface area contributed by atoms with Crippen molar-refractivity contribution in [2.24, 2.45) is 0 Å². The van der Waals surface area contributed by atoms with Crippen LogP contribution >= 0.6 is 27.5 Å². The molecule has 2 atom stereocenters. The highest BCUT2D eigenvalue weighted by Gasteiger charge is 2.38. The highest BCUT2D eigenvalue weighted by atomic mass is 79.9. The van der Waals surface area contributed by atoms with Crippen LogP contribution in [0.15, 0.2) is 10.5 Å². The minimum Gasteiger partial charge on any atom is -0.460 e. The molecule has 1 aromatic carbocycles. The lowest BCUT2D eigenvalue weighted by molar-refractivity contribution is -0.156. The van der Waals surface area contributed by atoms with Crippen molar-refractivity contribution in [3.63, 3.8) is 0 Å². The number of rotatable bonds is 3. The van der Waals surface area contributed by atoms with Gasteiger partial charge in [-0.3, -0.25) is 4.79 Å². The Morgan fingerprint density at radius 3 is 2.45 bits per heavy atom. The van der Waals surface area contributed by atoms with E-state index in [2.05, 4.69) is 31.2 Å². The molecule has 3 heterocycles. The molecule has 0 saturated carbocycles. The van der Waals surface area contributed by atoms with Gasteiger partial charge in [-0.2, -0.15) is 0 Å². The monoisotopic (exact) mass is 611 g/mol. The topological polar surface area (TPSA) is 99.4 Å². The number of halogens is 3. The Balaban J connectivity index is 1.74. The molecule has 1 saturated heterocycles. The highest BCUT2D eigenvalue weighted by Crippen LogP contribution is 2.38. The largest absolute Gasteiger partial charge is 0.460 e. The molecule has 1 amide bonds. The van der Waals surface area contributed by atoms with Crippen molar-refractivity contribution in [2.75, 3.05) is 6.54 Å². The summed E-state index contributed by atoms with van der Waals surface area (Å²) in [5.74, 6) is -0.931. The Kier molecular flexibility index (Phi) is 7.66. The van der Waals surface area contributed by atoms with Crippen LogP contribution in [0, 0.1) is 12.7 Å². The summed E-state index contributed by atoms with van der Waals surface area (Å²) in [6.07, 6.45) is 0.398. The van der Waals surface area contributed by atoms with Crippen molar-refractivity contribution in [3.05, 3.63) is 27.1 Å². The summed E-state index contributed by atoms with van der Waals surface area (Å²) in [7, 11) is 0. The number of piperidine rings is 1. The lowest BCUT2D eigenvalue weighted by atomic mass is 9.94. The number of likely N-dealkylation sites (tertiary alicyclic amines) is 1. The van der Waals surface area contributed by atoms with Gasteiger partial charge in [0, 0.05) is 18.0 Å². The summed E-state index contributed by atoms with van der Waals surface area (Å²) in [5.41, 5.74) is 0.365. The Bertz CT molecular complexity index is 1420. The average molecular weight is 613 g/mol. The number of pyridine rings is 1. The van der Waals surface area contributed by atoms with Gasteiger partial charge in [-0.15, -0.1) is 5.10 Å². The number of ether oxygens (including phenoxy) is 2. The van der Waals surface area contributed by atoms with Crippen LogP contribution < -0.4 is 0 Å². The third kappa shape index (κ3) is 5.88. The third-order valence-corrected chi connectivity index (χ3v) is 7.44. The zero-order valence-corrected chi connectivity index (χ0v) is 24.9. The number of fused-ring (bicyclic) bond motifs is 3. The van der Waals surface area contributed by atoms with Crippen LogP contribution in [0.4, 0.5) is 9.18 Å². The van der Waals surface area contributed by atoms with Crippen LogP contribution in [0.2, 0.25) is 5.15 Å². The maximum atomic E-state index is 15.1. The Hall–Kier alpha value is -2.53. The number of carbonyl (C=O) groups is 2. The standard InChI is InChI=1S/C26H32BrClFN5O4/c1-13-10-16-20(19(29)18(13)27)30-23(28)21-22(16)34(32-31-21)14-8-9-33(24(36)38-26(5,6)7)15(11-14)12-17(35)37-25(2,3)4/h10,14-15H,8-9,11-12H2,1-7H3/t14-,15-/m0/s1. The summed E-state index contributed by atoms with van der Waals surface area (Å²) in [6.45, 7) is 12.9. The van der Waals surface area contributed by atoms with Gasteiger partial charge in [0.25, 0.3) is 0 Å². The number of aromatic nitrogens is 4. The van der Waals surface area contributed by atoms with Crippen molar-refractivity contribution in [3.8, 4) is 0 Å². The third-order valence-electron chi connectivity index (χ3n) is 6.20. The summed E-state index contributed by atoms with van der Waals surface area (Å²) >= 11 is 9.68. The predicted molar refractivity (Wildman–Crippen MR) is 146 cm³/mol. The van der Waals surface area contributed by atoms with Crippen molar-refractivity contribution < 1.29 is 23.5 Å². The molecule has 0 N–H and O–H groups in total. The van der Waals surface area contributed by atoms with Crippen LogP contribution in [-0.2, 0) is 14.3 Å². The number of hydrogen-bond acceptors (Lipinski definition) is 7. The fraction of sp³-hybridized carbons (Fsp3) is 0.577. The molecule has 3 aromatic rings. The first kappa shape index (κ1) is 28.5. The second-order valence-electron chi connectivity index (χ2n) is 11.6. The molecule has 4 rings (SSSR count). The lowest BCUT2D eigenvalue weighted by Crippen LogP contribution is -2.49. The van der Waals surface area contributed by atoms with Gasteiger partial charge in [-0.1, -0.05) is 16.8 Å². The first-order valence-electron chi connectivity index (χ1n) is 12.5. The molecule has 0 spiro atoms. The van der Waals surface area contributed by atoms with Crippen LogP contribution in [-0.4, -0.2) is 60.7 Å². The number of carbonyl (C=O) groups excluding carboxylic acids is 2. The van der Waals surface area contributed by atoms with E-state index in [1.807, 2.05) is 6.07 Å². The van der Waals surface area contributed by atoms with Crippen molar-refractivity contribution in [2.45, 2.75) is 91.0 Å². The molecule has 0 radical (unpaired) electrons. The average Bonchev–Trinajstić information content (AvgIpc) is 3.22. The van der Waals surface area contributed by atoms with E-state index in [1.165, 1.54) is 0 Å². The smallest absolute Gasteiger partial charge is 0.410 e.